The van der Waals surface area contributed by atoms with E-state index in [1.165, 1.54) is 0 Å². The molecular formula is C22H19NO3. The molecule has 0 atom stereocenters. The SMILES string of the molecule is Cc1ccc(C)c(C(=O)c2ccccc2C(=O)OCc2ccccn2)c1. The molecule has 0 saturated carbocycles. The lowest BCUT2D eigenvalue weighted by atomic mass is 9.94. The van der Waals surface area contributed by atoms with Gasteiger partial charge in [-0.15, -0.1) is 0 Å². The lowest BCUT2D eigenvalue weighted by Crippen LogP contribution is -2.13. The summed E-state index contributed by atoms with van der Waals surface area (Å²) in [5.74, 6) is -0.721. The number of carbonyl (C=O) groups is 2. The van der Waals surface area contributed by atoms with E-state index in [9.17, 15) is 9.59 Å². The minimum Gasteiger partial charge on any atom is -0.456 e. The van der Waals surface area contributed by atoms with Crippen molar-refractivity contribution in [2.75, 3.05) is 0 Å². The van der Waals surface area contributed by atoms with E-state index >= 15 is 0 Å². The average Bonchev–Trinajstić information content (AvgIpc) is 2.68. The Hall–Kier alpha value is -3.27. The number of hydrogen-bond donors (Lipinski definition) is 0. The van der Waals surface area contributed by atoms with Gasteiger partial charge in [0.2, 0.25) is 0 Å². The van der Waals surface area contributed by atoms with Gasteiger partial charge in [-0.25, -0.2) is 4.79 Å². The normalized spacial score (nSPS) is 10.4. The largest absolute Gasteiger partial charge is 0.456 e. The van der Waals surface area contributed by atoms with E-state index in [1.54, 1.807) is 42.6 Å². The lowest BCUT2D eigenvalue weighted by molar-refractivity contribution is 0.0465. The van der Waals surface area contributed by atoms with E-state index in [0.717, 1.165) is 11.1 Å². The molecule has 4 heteroatoms. The summed E-state index contributed by atoms with van der Waals surface area (Å²) in [6.45, 7) is 3.88. The van der Waals surface area contributed by atoms with Gasteiger partial charge in [-0.2, -0.15) is 0 Å². The number of nitrogens with zero attached hydrogens (tertiary/aromatic N) is 1. The van der Waals surface area contributed by atoms with Crippen LogP contribution in [0.3, 0.4) is 0 Å². The fourth-order valence-corrected chi connectivity index (χ4v) is 2.69. The van der Waals surface area contributed by atoms with Crippen molar-refractivity contribution < 1.29 is 14.3 Å². The van der Waals surface area contributed by atoms with Crippen molar-refractivity contribution in [2.45, 2.75) is 20.5 Å². The molecule has 0 aliphatic rings. The highest BCUT2D eigenvalue weighted by molar-refractivity contribution is 6.15. The van der Waals surface area contributed by atoms with Gasteiger partial charge in [-0.1, -0.05) is 42.0 Å². The van der Waals surface area contributed by atoms with Gasteiger partial charge in [0.25, 0.3) is 0 Å². The third kappa shape index (κ3) is 3.86. The highest BCUT2D eigenvalue weighted by atomic mass is 16.5. The highest BCUT2D eigenvalue weighted by Gasteiger charge is 2.20. The van der Waals surface area contributed by atoms with Gasteiger partial charge < -0.3 is 4.74 Å². The summed E-state index contributed by atoms with van der Waals surface area (Å²) in [6.07, 6.45) is 1.64. The average molecular weight is 345 g/mol. The quantitative estimate of drug-likeness (QED) is 0.511. The number of esters is 1. The van der Waals surface area contributed by atoms with E-state index in [0.29, 0.717) is 16.8 Å². The van der Waals surface area contributed by atoms with E-state index in [1.807, 2.05) is 38.1 Å². The first-order chi connectivity index (χ1) is 12.6. The minimum atomic E-state index is -0.537. The first-order valence-corrected chi connectivity index (χ1v) is 8.34. The minimum absolute atomic E-state index is 0.0612. The van der Waals surface area contributed by atoms with Gasteiger partial charge in [0.1, 0.15) is 6.61 Å². The molecule has 0 unspecified atom stereocenters. The van der Waals surface area contributed by atoms with Gasteiger partial charge in [0.15, 0.2) is 5.78 Å². The van der Waals surface area contributed by atoms with Crippen molar-refractivity contribution in [3.63, 3.8) is 0 Å². The van der Waals surface area contributed by atoms with Crippen molar-refractivity contribution in [1.82, 2.24) is 4.98 Å². The number of carbonyl (C=O) groups excluding carboxylic acids is 2. The van der Waals surface area contributed by atoms with Crippen LogP contribution in [-0.2, 0) is 11.3 Å². The molecule has 0 aliphatic heterocycles. The van der Waals surface area contributed by atoms with Gasteiger partial charge in [0.05, 0.1) is 11.3 Å². The number of pyridine rings is 1. The molecule has 4 nitrogen and oxygen atoms in total. The van der Waals surface area contributed by atoms with Crippen LogP contribution in [0.1, 0.15) is 43.1 Å². The molecule has 0 radical (unpaired) electrons. The van der Waals surface area contributed by atoms with Gasteiger partial charge in [-0.3, -0.25) is 9.78 Å². The summed E-state index contributed by atoms with van der Waals surface area (Å²) in [5, 5.41) is 0. The Balaban J connectivity index is 1.87. The molecule has 0 fully saturated rings. The summed E-state index contributed by atoms with van der Waals surface area (Å²) in [4.78, 5) is 29.6. The Labute approximate surface area is 152 Å². The molecule has 0 N–H and O–H groups in total. The molecule has 0 saturated heterocycles. The van der Waals surface area contributed by atoms with Crippen LogP contribution in [0, 0.1) is 13.8 Å². The molecule has 0 spiro atoms. The van der Waals surface area contributed by atoms with Crippen molar-refractivity contribution in [3.8, 4) is 0 Å². The molecule has 0 bridgehead atoms. The second-order valence-electron chi connectivity index (χ2n) is 6.09. The van der Waals surface area contributed by atoms with E-state index < -0.39 is 5.97 Å². The Bertz CT molecular complexity index is 949. The molecule has 1 heterocycles. The van der Waals surface area contributed by atoms with Crippen molar-refractivity contribution >= 4 is 11.8 Å². The zero-order chi connectivity index (χ0) is 18.5. The van der Waals surface area contributed by atoms with E-state index in [-0.39, 0.29) is 18.0 Å². The number of rotatable bonds is 5. The summed E-state index contributed by atoms with van der Waals surface area (Å²) in [7, 11) is 0. The maximum absolute atomic E-state index is 13.0. The van der Waals surface area contributed by atoms with Crippen molar-refractivity contribution in [1.29, 1.82) is 0 Å². The predicted molar refractivity (Wildman–Crippen MR) is 99.1 cm³/mol. The molecule has 1 aromatic heterocycles. The monoisotopic (exact) mass is 345 g/mol. The molecule has 130 valence electrons. The molecule has 26 heavy (non-hydrogen) atoms. The zero-order valence-corrected chi connectivity index (χ0v) is 14.7. The molecule has 3 aromatic rings. The van der Waals surface area contributed by atoms with Crippen LogP contribution in [0.25, 0.3) is 0 Å². The molecule has 2 aromatic carbocycles. The zero-order valence-electron chi connectivity index (χ0n) is 14.7. The number of benzene rings is 2. The van der Waals surface area contributed by atoms with Crippen LogP contribution in [0.15, 0.2) is 66.9 Å². The van der Waals surface area contributed by atoms with Crippen molar-refractivity contribution in [2.24, 2.45) is 0 Å². The third-order valence-corrected chi connectivity index (χ3v) is 4.11. The predicted octanol–water partition coefficient (Wildman–Crippen LogP) is 4.29. The Morgan fingerprint density at radius 2 is 1.62 bits per heavy atom. The fraction of sp³-hybridized carbons (Fsp3) is 0.136. The smallest absolute Gasteiger partial charge is 0.339 e. The molecular weight excluding hydrogens is 326 g/mol. The lowest BCUT2D eigenvalue weighted by Gasteiger charge is -2.11. The van der Waals surface area contributed by atoms with Crippen LogP contribution in [0.2, 0.25) is 0 Å². The number of hydrogen-bond acceptors (Lipinski definition) is 4. The maximum atomic E-state index is 13.0. The summed E-state index contributed by atoms with van der Waals surface area (Å²) < 4.78 is 5.34. The number of aromatic nitrogens is 1. The number of ketones is 1. The summed E-state index contributed by atoms with van der Waals surface area (Å²) in [5.41, 5.74) is 3.71. The molecule has 0 aliphatic carbocycles. The van der Waals surface area contributed by atoms with E-state index in [2.05, 4.69) is 4.98 Å². The second-order valence-corrected chi connectivity index (χ2v) is 6.09. The van der Waals surface area contributed by atoms with Crippen molar-refractivity contribution in [3.05, 3.63) is 100 Å². The Morgan fingerprint density at radius 3 is 2.35 bits per heavy atom. The van der Waals surface area contributed by atoms with Crippen LogP contribution in [-0.4, -0.2) is 16.7 Å². The van der Waals surface area contributed by atoms with Gasteiger partial charge in [-0.05, 0) is 43.7 Å². The Kier molecular flexibility index (Phi) is 5.23. The topological polar surface area (TPSA) is 56.3 Å². The second kappa shape index (κ2) is 7.74. The maximum Gasteiger partial charge on any atom is 0.339 e. The first-order valence-electron chi connectivity index (χ1n) is 8.34. The fourth-order valence-electron chi connectivity index (χ4n) is 2.69. The van der Waals surface area contributed by atoms with Crippen LogP contribution >= 0.6 is 0 Å². The summed E-state index contributed by atoms with van der Waals surface area (Å²) in [6, 6.07) is 17.8. The van der Waals surface area contributed by atoms with Gasteiger partial charge in [0, 0.05) is 17.3 Å². The van der Waals surface area contributed by atoms with Crippen LogP contribution < -0.4 is 0 Å². The first kappa shape index (κ1) is 17.5. The summed E-state index contributed by atoms with van der Waals surface area (Å²) >= 11 is 0. The van der Waals surface area contributed by atoms with Crippen LogP contribution in [0.4, 0.5) is 0 Å². The Morgan fingerprint density at radius 1 is 0.885 bits per heavy atom. The van der Waals surface area contributed by atoms with E-state index in [4.69, 9.17) is 4.74 Å². The van der Waals surface area contributed by atoms with Gasteiger partial charge >= 0.3 is 5.97 Å². The highest BCUT2D eigenvalue weighted by Crippen LogP contribution is 2.20. The van der Waals surface area contributed by atoms with Crippen LogP contribution in [0.5, 0.6) is 0 Å². The molecule has 0 amide bonds. The number of ether oxygens (including phenoxy) is 1. The standard InChI is InChI=1S/C22H19NO3/c1-15-10-11-16(2)20(13-15)21(24)18-8-3-4-9-19(18)22(25)26-14-17-7-5-6-12-23-17/h3-13H,14H2,1-2H3. The molecule has 3 rings (SSSR count). The number of aryl methyl sites for hydroxylation is 2. The third-order valence-electron chi connectivity index (χ3n) is 4.11.